The second kappa shape index (κ2) is 12.1. The molecule has 41 heavy (non-hydrogen) atoms. The fourth-order valence-electron chi connectivity index (χ4n) is 4.30. The summed E-state index contributed by atoms with van der Waals surface area (Å²) in [7, 11) is 0.235. The molecule has 1 aliphatic rings. The number of ketones is 1. The molecule has 0 atom stereocenters. The maximum absolute atomic E-state index is 13.5. The fourth-order valence-corrected chi connectivity index (χ4v) is 6.90. The number of thiazole rings is 1. The molecule has 1 amide bonds. The van der Waals surface area contributed by atoms with Crippen molar-refractivity contribution in [3.8, 4) is 0 Å². The maximum Gasteiger partial charge on any atom is 0.269 e. The van der Waals surface area contributed by atoms with E-state index in [9.17, 15) is 22.8 Å². The van der Waals surface area contributed by atoms with Crippen molar-refractivity contribution >= 4 is 56.6 Å². The molecule has 9 nitrogen and oxygen atoms in total. The summed E-state index contributed by atoms with van der Waals surface area (Å²) in [6.07, 6.45) is 4.80. The van der Waals surface area contributed by atoms with Crippen LogP contribution in [0, 0.1) is 5.41 Å². The molecule has 0 saturated carbocycles. The van der Waals surface area contributed by atoms with Crippen molar-refractivity contribution < 1.29 is 18.0 Å². The summed E-state index contributed by atoms with van der Waals surface area (Å²) >= 11 is 1.15. The number of rotatable bonds is 8. The number of amides is 1. The predicted octanol–water partition coefficient (Wildman–Crippen LogP) is 2.62. The van der Waals surface area contributed by atoms with Crippen molar-refractivity contribution in [1.82, 2.24) is 8.87 Å². The van der Waals surface area contributed by atoms with Gasteiger partial charge in [-0.1, -0.05) is 39.0 Å². The van der Waals surface area contributed by atoms with Gasteiger partial charge < -0.3 is 10.2 Å². The minimum atomic E-state index is -3.65. The third-order valence-corrected chi connectivity index (χ3v) is 9.71. The Labute approximate surface area is 244 Å². The van der Waals surface area contributed by atoms with Gasteiger partial charge in [0.15, 0.2) is 5.78 Å². The zero-order chi connectivity index (χ0) is 29.9. The normalized spacial score (nSPS) is 15.3. The summed E-state index contributed by atoms with van der Waals surface area (Å²) in [5.74, 6) is -0.685. The molecule has 4 rings (SSSR count). The standard InChI is InChI=1S/C30H36N4O5S2/c1-30(2,3)26(35)19-28-34(29(37)25(40-28)17-21-11-13-23(14-12-21)32(4)5)20-27(36)31-22-9-8-10-24(18-22)41(38,39)33-15-6-7-16-33/h8-14,17-19H,6-7,15-16,20H2,1-5H3,(H,31,36)/b25-17+,28-19-. The molecule has 0 aliphatic carbocycles. The first-order valence-electron chi connectivity index (χ1n) is 13.4. The van der Waals surface area contributed by atoms with E-state index in [1.54, 1.807) is 39.0 Å². The van der Waals surface area contributed by atoms with Gasteiger partial charge in [-0.05, 0) is 54.8 Å². The lowest BCUT2D eigenvalue weighted by atomic mass is 9.91. The Morgan fingerprint density at radius 3 is 2.32 bits per heavy atom. The van der Waals surface area contributed by atoms with Gasteiger partial charge in [0.05, 0.1) is 9.43 Å². The number of hydrogen-bond acceptors (Lipinski definition) is 7. The van der Waals surface area contributed by atoms with Crippen molar-refractivity contribution in [1.29, 1.82) is 0 Å². The summed E-state index contributed by atoms with van der Waals surface area (Å²) in [6.45, 7) is 5.98. The molecule has 218 valence electrons. The van der Waals surface area contributed by atoms with Crippen molar-refractivity contribution in [3.63, 3.8) is 0 Å². The van der Waals surface area contributed by atoms with E-state index in [0.717, 1.165) is 35.4 Å². The van der Waals surface area contributed by atoms with Crippen LogP contribution in [-0.4, -0.2) is 56.2 Å². The number of nitrogens with one attached hydrogen (secondary N) is 1. The van der Waals surface area contributed by atoms with Gasteiger partial charge >= 0.3 is 0 Å². The zero-order valence-electron chi connectivity index (χ0n) is 24.0. The highest BCUT2D eigenvalue weighted by atomic mass is 32.2. The molecule has 1 aliphatic heterocycles. The number of Topliss-reactive ketones (excluding diaryl/α,β-unsaturated/α-hetero) is 1. The SMILES string of the molecule is CN(C)c1ccc(/C=c2/s/c(=C\C(=O)C(C)(C)C)n(CC(=O)Nc3cccc(S(=O)(=O)N4CCCC4)c3)c2=O)cc1. The van der Waals surface area contributed by atoms with Crippen LogP contribution in [0.25, 0.3) is 12.2 Å². The third-order valence-electron chi connectivity index (χ3n) is 6.76. The highest BCUT2D eigenvalue weighted by Crippen LogP contribution is 2.23. The average Bonchev–Trinajstić information content (AvgIpc) is 3.55. The van der Waals surface area contributed by atoms with Gasteiger partial charge in [-0.2, -0.15) is 4.31 Å². The summed E-state index contributed by atoms with van der Waals surface area (Å²) in [4.78, 5) is 41.5. The van der Waals surface area contributed by atoms with Crippen LogP contribution >= 0.6 is 11.3 Å². The Kier molecular flexibility index (Phi) is 9.00. The van der Waals surface area contributed by atoms with E-state index >= 15 is 0 Å². The summed E-state index contributed by atoms with van der Waals surface area (Å²) < 4.78 is 29.4. The van der Waals surface area contributed by atoms with Crippen molar-refractivity contribution in [3.05, 3.63) is 73.6 Å². The molecule has 2 heterocycles. The monoisotopic (exact) mass is 596 g/mol. The number of carbonyl (C=O) groups is 2. The molecule has 0 radical (unpaired) electrons. The van der Waals surface area contributed by atoms with Crippen LogP contribution in [0.2, 0.25) is 0 Å². The Hall–Kier alpha value is -3.54. The van der Waals surface area contributed by atoms with E-state index in [1.165, 1.54) is 27.1 Å². The summed E-state index contributed by atoms with van der Waals surface area (Å²) in [6, 6.07) is 13.8. The molecule has 11 heteroatoms. The van der Waals surface area contributed by atoms with Gasteiger partial charge in [-0.25, -0.2) is 8.42 Å². The Balaban J connectivity index is 1.66. The molecule has 1 N–H and O–H groups in total. The fraction of sp³-hybridized carbons (Fsp3) is 0.367. The quantitative estimate of drug-likeness (QED) is 0.428. The largest absolute Gasteiger partial charge is 0.378 e. The average molecular weight is 597 g/mol. The van der Waals surface area contributed by atoms with Crippen LogP contribution < -0.4 is 25.0 Å². The van der Waals surface area contributed by atoms with Gasteiger partial charge in [-0.15, -0.1) is 11.3 Å². The number of anilines is 2. The molecule has 0 unspecified atom stereocenters. The first-order valence-corrected chi connectivity index (χ1v) is 15.7. The van der Waals surface area contributed by atoms with Crippen LogP contribution in [0.4, 0.5) is 11.4 Å². The number of benzene rings is 2. The topological polar surface area (TPSA) is 109 Å². The molecular weight excluding hydrogens is 560 g/mol. The van der Waals surface area contributed by atoms with Gasteiger partial charge in [-0.3, -0.25) is 19.0 Å². The van der Waals surface area contributed by atoms with Crippen LogP contribution in [0.5, 0.6) is 0 Å². The first kappa shape index (κ1) is 30.4. The highest BCUT2D eigenvalue weighted by molar-refractivity contribution is 7.89. The molecule has 1 saturated heterocycles. The minimum absolute atomic E-state index is 0.104. The third kappa shape index (κ3) is 7.22. The van der Waals surface area contributed by atoms with Gasteiger partial charge in [0, 0.05) is 50.1 Å². The number of nitrogens with zero attached hydrogens (tertiary/aromatic N) is 3. The minimum Gasteiger partial charge on any atom is -0.378 e. The lowest BCUT2D eigenvalue weighted by Crippen LogP contribution is -2.36. The van der Waals surface area contributed by atoms with E-state index < -0.39 is 21.3 Å². The molecule has 3 aromatic rings. The van der Waals surface area contributed by atoms with E-state index in [0.29, 0.717) is 28.0 Å². The smallest absolute Gasteiger partial charge is 0.269 e. The summed E-state index contributed by atoms with van der Waals surface area (Å²) in [5, 5.41) is 2.72. The molecule has 1 aromatic heterocycles. The number of sulfonamides is 1. The van der Waals surface area contributed by atoms with Gasteiger partial charge in [0.2, 0.25) is 15.9 Å². The maximum atomic E-state index is 13.5. The van der Waals surface area contributed by atoms with Crippen LogP contribution in [0.3, 0.4) is 0 Å². The lowest BCUT2D eigenvalue weighted by molar-refractivity contribution is -0.120. The second-order valence-corrected chi connectivity index (χ2v) is 14.3. The molecule has 0 spiro atoms. The van der Waals surface area contributed by atoms with Crippen molar-refractivity contribution in [2.24, 2.45) is 5.41 Å². The van der Waals surface area contributed by atoms with E-state index in [2.05, 4.69) is 5.32 Å². The number of aromatic nitrogens is 1. The van der Waals surface area contributed by atoms with Crippen molar-refractivity contribution in [2.45, 2.75) is 45.1 Å². The molecule has 1 fully saturated rings. The number of hydrogen-bond donors (Lipinski definition) is 1. The zero-order valence-corrected chi connectivity index (χ0v) is 25.6. The predicted molar refractivity (Wildman–Crippen MR) is 164 cm³/mol. The Morgan fingerprint density at radius 2 is 1.71 bits per heavy atom. The van der Waals surface area contributed by atoms with Crippen LogP contribution in [-0.2, 0) is 26.2 Å². The van der Waals surface area contributed by atoms with Crippen LogP contribution in [0.1, 0.15) is 39.2 Å². The summed E-state index contributed by atoms with van der Waals surface area (Å²) in [5.41, 5.74) is 1.09. The molecule has 0 bridgehead atoms. The Morgan fingerprint density at radius 1 is 1.05 bits per heavy atom. The lowest BCUT2D eigenvalue weighted by Gasteiger charge is -2.16. The molecule has 2 aromatic carbocycles. The highest BCUT2D eigenvalue weighted by Gasteiger charge is 2.27. The molecular formula is C30H36N4O5S2. The van der Waals surface area contributed by atoms with E-state index in [4.69, 9.17) is 0 Å². The van der Waals surface area contributed by atoms with E-state index in [-0.39, 0.29) is 22.8 Å². The second-order valence-electron chi connectivity index (χ2n) is 11.3. The van der Waals surface area contributed by atoms with Gasteiger partial charge in [0.1, 0.15) is 11.2 Å². The van der Waals surface area contributed by atoms with Crippen LogP contribution in [0.15, 0.2) is 58.2 Å². The van der Waals surface area contributed by atoms with Gasteiger partial charge in [0.25, 0.3) is 5.56 Å². The van der Waals surface area contributed by atoms with E-state index in [1.807, 2.05) is 43.3 Å². The van der Waals surface area contributed by atoms with Crippen molar-refractivity contribution in [2.75, 3.05) is 37.4 Å². The first-order chi connectivity index (χ1) is 19.3. The Bertz CT molecular complexity index is 1720. The number of carbonyl (C=O) groups excluding carboxylic acids is 2.